The van der Waals surface area contributed by atoms with Gasteiger partial charge in [-0.05, 0) is 44.9 Å². The molecular weight excluding hydrogens is 516 g/mol. The lowest BCUT2D eigenvalue weighted by molar-refractivity contribution is -0.342. The van der Waals surface area contributed by atoms with Gasteiger partial charge in [-0.1, -0.05) is 6.92 Å². The highest BCUT2D eigenvalue weighted by Crippen LogP contribution is 2.70. The van der Waals surface area contributed by atoms with Crippen LogP contribution in [0.1, 0.15) is 58.8 Å². The molecule has 39 heavy (non-hydrogen) atoms. The van der Waals surface area contributed by atoms with Crippen LogP contribution in [0.4, 0.5) is 0 Å². The molecule has 15 atom stereocenters. The number of fused-ring (bicyclic) bond motifs is 5. The van der Waals surface area contributed by atoms with Gasteiger partial charge < -0.3 is 55.1 Å². The van der Waals surface area contributed by atoms with Gasteiger partial charge in [-0.15, -0.1) is 0 Å². The minimum Gasteiger partial charge on any atom is -0.469 e. The molecule has 5 fully saturated rings. The number of carbonyl (C=O) groups is 1. The van der Waals surface area contributed by atoms with Gasteiger partial charge in [0.25, 0.3) is 0 Å². The second-order valence-corrected chi connectivity index (χ2v) is 13.0. The molecule has 12 nitrogen and oxygen atoms in total. The van der Waals surface area contributed by atoms with Crippen molar-refractivity contribution < 1.29 is 59.9 Å². The maximum absolute atomic E-state index is 12.6. The normalized spacial score (nSPS) is 57.3. The van der Waals surface area contributed by atoms with Gasteiger partial charge >= 0.3 is 5.97 Å². The van der Waals surface area contributed by atoms with Crippen LogP contribution in [0.2, 0.25) is 0 Å². The fraction of sp³-hybridized carbons (Fsp3) is 0.963. The molecule has 12 heteroatoms. The summed E-state index contributed by atoms with van der Waals surface area (Å²) >= 11 is 0. The highest BCUT2D eigenvalue weighted by Gasteiger charge is 2.75. The largest absolute Gasteiger partial charge is 0.469 e. The van der Waals surface area contributed by atoms with Crippen molar-refractivity contribution in [3.05, 3.63) is 0 Å². The van der Waals surface area contributed by atoms with Crippen molar-refractivity contribution in [2.24, 2.45) is 28.6 Å². The monoisotopic (exact) mass is 560 g/mol. The molecule has 0 radical (unpaired) electrons. The molecule has 5 rings (SSSR count). The smallest absolute Gasteiger partial charge is 0.309 e. The zero-order valence-corrected chi connectivity index (χ0v) is 22.7. The molecule has 1 heterocycles. The molecule has 0 amide bonds. The average molecular weight is 561 g/mol. The van der Waals surface area contributed by atoms with Gasteiger partial charge in [-0.25, -0.2) is 0 Å². The summed E-state index contributed by atoms with van der Waals surface area (Å²) in [6, 6.07) is 0. The first kappa shape index (κ1) is 29.6. The molecule has 4 aliphatic carbocycles. The van der Waals surface area contributed by atoms with E-state index in [2.05, 4.69) is 0 Å². The van der Waals surface area contributed by atoms with Crippen molar-refractivity contribution in [3.8, 4) is 0 Å². The topological polar surface area (TPSA) is 207 Å². The Balaban J connectivity index is 1.43. The number of rotatable bonds is 4. The predicted molar refractivity (Wildman–Crippen MR) is 132 cm³/mol. The van der Waals surface area contributed by atoms with Crippen LogP contribution in [0.3, 0.4) is 0 Å². The van der Waals surface area contributed by atoms with Gasteiger partial charge in [0.15, 0.2) is 6.29 Å². The van der Waals surface area contributed by atoms with E-state index < -0.39 is 101 Å². The van der Waals surface area contributed by atoms with Gasteiger partial charge in [-0.3, -0.25) is 4.79 Å². The van der Waals surface area contributed by atoms with Crippen molar-refractivity contribution in [1.29, 1.82) is 0 Å². The number of aliphatic hydroxyl groups is 8. The summed E-state index contributed by atoms with van der Waals surface area (Å²) in [6.45, 7) is 2.66. The van der Waals surface area contributed by atoms with Crippen LogP contribution in [0.25, 0.3) is 0 Å². The molecule has 0 aromatic heterocycles. The maximum atomic E-state index is 12.6. The van der Waals surface area contributed by atoms with E-state index in [0.29, 0.717) is 12.8 Å². The number of ether oxygens (including phenoxy) is 3. The van der Waals surface area contributed by atoms with Crippen LogP contribution in [0.15, 0.2) is 0 Å². The molecule has 0 bridgehead atoms. The van der Waals surface area contributed by atoms with E-state index in [9.17, 15) is 45.6 Å². The number of methoxy groups -OCH3 is 1. The van der Waals surface area contributed by atoms with Crippen molar-refractivity contribution >= 4 is 5.97 Å². The van der Waals surface area contributed by atoms with E-state index in [1.54, 1.807) is 6.92 Å². The van der Waals surface area contributed by atoms with E-state index >= 15 is 0 Å². The van der Waals surface area contributed by atoms with Crippen molar-refractivity contribution in [2.45, 2.75) is 119 Å². The van der Waals surface area contributed by atoms with Gasteiger partial charge in [0.1, 0.15) is 18.3 Å². The summed E-state index contributed by atoms with van der Waals surface area (Å²) < 4.78 is 16.5. The van der Waals surface area contributed by atoms with Gasteiger partial charge in [0.2, 0.25) is 0 Å². The minimum absolute atomic E-state index is 0.0368. The summed E-state index contributed by atoms with van der Waals surface area (Å²) in [6.07, 6.45) is -8.87. The molecule has 8 N–H and O–H groups in total. The number of aliphatic hydroxyl groups excluding tert-OH is 6. The Bertz CT molecular complexity index is 950. The fourth-order valence-electron chi connectivity index (χ4n) is 9.42. The number of esters is 1. The van der Waals surface area contributed by atoms with E-state index in [-0.39, 0.29) is 32.1 Å². The third-order valence-corrected chi connectivity index (χ3v) is 11.5. The first-order chi connectivity index (χ1) is 18.2. The molecular formula is C27H44O12. The third kappa shape index (κ3) is 3.90. The van der Waals surface area contributed by atoms with Crippen LogP contribution in [0.5, 0.6) is 0 Å². The van der Waals surface area contributed by atoms with Crippen molar-refractivity contribution in [1.82, 2.24) is 0 Å². The molecule has 4 saturated carbocycles. The quantitative estimate of drug-likeness (QED) is 0.141. The Morgan fingerprint density at radius 3 is 2.33 bits per heavy atom. The van der Waals surface area contributed by atoms with Gasteiger partial charge in [-0.2, -0.15) is 0 Å². The molecule has 1 saturated heterocycles. The van der Waals surface area contributed by atoms with Crippen molar-refractivity contribution in [2.75, 3.05) is 13.7 Å². The fourth-order valence-corrected chi connectivity index (χ4v) is 9.42. The van der Waals surface area contributed by atoms with Crippen LogP contribution in [-0.2, 0) is 19.0 Å². The first-order valence-electron chi connectivity index (χ1n) is 14.1. The molecule has 0 unspecified atom stereocenters. The average Bonchev–Trinajstić information content (AvgIpc) is 3.15. The SMILES string of the molecule is COC(=O)[C@H]1CC[C@]2(O)[C@@H]3CC[C@]4(O)C[C@@H](O[C@@H]5O[C@@H](C)[C@H](O)[C@@H](O)[C@H]5O)C[C@@H](O)[C@]4(CO)[C@H]3[C@H](O)C[C@]12C. The van der Waals surface area contributed by atoms with Crippen LogP contribution in [-0.4, -0.2) is 121 Å². The van der Waals surface area contributed by atoms with Gasteiger partial charge in [0, 0.05) is 24.2 Å². The lowest BCUT2D eigenvalue weighted by Crippen LogP contribution is -2.76. The highest BCUT2D eigenvalue weighted by molar-refractivity contribution is 5.74. The molecule has 224 valence electrons. The number of hydrogen-bond acceptors (Lipinski definition) is 12. The Kier molecular flexibility index (Phi) is 7.45. The van der Waals surface area contributed by atoms with E-state index in [1.165, 1.54) is 14.0 Å². The Hall–Kier alpha value is -0.930. The maximum Gasteiger partial charge on any atom is 0.309 e. The van der Waals surface area contributed by atoms with E-state index in [4.69, 9.17) is 14.2 Å². The Morgan fingerprint density at radius 1 is 1.00 bits per heavy atom. The third-order valence-electron chi connectivity index (χ3n) is 11.5. The minimum atomic E-state index is -1.69. The van der Waals surface area contributed by atoms with Crippen LogP contribution < -0.4 is 0 Å². The zero-order chi connectivity index (χ0) is 28.7. The summed E-state index contributed by atoms with van der Waals surface area (Å²) in [5, 5.41) is 88.8. The van der Waals surface area contributed by atoms with Gasteiger partial charge in [0.05, 0.1) is 60.7 Å². The molecule has 0 aromatic rings. The Morgan fingerprint density at radius 2 is 1.69 bits per heavy atom. The van der Waals surface area contributed by atoms with Crippen molar-refractivity contribution in [3.63, 3.8) is 0 Å². The molecule has 0 aromatic carbocycles. The first-order valence-corrected chi connectivity index (χ1v) is 14.1. The summed E-state index contributed by atoms with van der Waals surface area (Å²) in [5.41, 5.74) is -5.63. The lowest BCUT2D eigenvalue weighted by Gasteiger charge is -2.68. The van der Waals surface area contributed by atoms with E-state index in [1.807, 2.05) is 0 Å². The molecule has 0 spiro atoms. The predicted octanol–water partition coefficient (Wildman–Crippen LogP) is -1.83. The second kappa shape index (κ2) is 9.82. The summed E-state index contributed by atoms with van der Waals surface area (Å²) in [7, 11) is 1.30. The highest BCUT2D eigenvalue weighted by atomic mass is 16.7. The second-order valence-electron chi connectivity index (χ2n) is 13.0. The Labute approximate surface area is 227 Å². The van der Waals surface area contributed by atoms with E-state index in [0.717, 1.165) is 0 Å². The standard InChI is InChI=1S/C27H44O12/c1-12-19(31)20(32)21(33)23(38-12)39-13-8-17(30)26(11-28)18-14(4-6-25(26,35)9-13)27(36)7-5-15(22(34)37-3)24(27,2)10-16(18)29/h12-21,23,28-33,35-36H,4-11H2,1-3H3/t12-,13-,14+,15+,16+,17+,18+,19-,20+,21+,23-,24+,25-,26+,27-/m0/s1. The summed E-state index contributed by atoms with van der Waals surface area (Å²) in [4.78, 5) is 12.6. The molecule has 5 aliphatic rings. The number of carbonyl (C=O) groups excluding carboxylic acids is 1. The summed E-state index contributed by atoms with van der Waals surface area (Å²) in [5.74, 6) is -2.51. The number of hydrogen-bond donors (Lipinski definition) is 8. The van der Waals surface area contributed by atoms with Crippen LogP contribution in [0, 0.1) is 28.6 Å². The molecule has 1 aliphatic heterocycles. The zero-order valence-electron chi connectivity index (χ0n) is 22.7. The van der Waals surface area contributed by atoms with Crippen LogP contribution >= 0.6 is 0 Å². The lowest BCUT2D eigenvalue weighted by atomic mass is 9.40.